The van der Waals surface area contributed by atoms with Crippen LogP contribution >= 0.6 is 0 Å². The van der Waals surface area contributed by atoms with Gasteiger partial charge in [-0.3, -0.25) is 9.48 Å². The molecule has 0 unspecified atom stereocenters. The molecule has 5 nitrogen and oxygen atoms in total. The fourth-order valence-electron chi connectivity index (χ4n) is 1.96. The minimum Gasteiger partial charge on any atom is -0.481 e. The SMILES string of the molecule is CCc1nc(CC(CC)(CC)C(=O)O)n(C)n1. The van der Waals surface area contributed by atoms with Crippen LogP contribution in [0.5, 0.6) is 0 Å². The summed E-state index contributed by atoms with van der Waals surface area (Å²) in [4.78, 5) is 15.8. The quantitative estimate of drug-likeness (QED) is 0.822. The first-order valence-electron chi connectivity index (χ1n) is 6.11. The second-order valence-corrected chi connectivity index (χ2v) is 4.39. The van der Waals surface area contributed by atoms with Gasteiger partial charge in [-0.2, -0.15) is 5.10 Å². The van der Waals surface area contributed by atoms with Gasteiger partial charge < -0.3 is 5.11 Å². The van der Waals surface area contributed by atoms with E-state index in [1.165, 1.54) is 0 Å². The second-order valence-electron chi connectivity index (χ2n) is 4.39. The van der Waals surface area contributed by atoms with E-state index in [2.05, 4.69) is 10.1 Å². The van der Waals surface area contributed by atoms with Crippen LogP contribution in [0.2, 0.25) is 0 Å². The standard InChI is InChI=1S/C12H21N3O2/c1-5-9-13-10(15(4)14-9)8-12(6-2,7-3)11(16)17/h5-8H2,1-4H3,(H,16,17). The van der Waals surface area contributed by atoms with Gasteiger partial charge in [0.1, 0.15) is 5.82 Å². The fourth-order valence-corrected chi connectivity index (χ4v) is 1.96. The minimum atomic E-state index is -0.747. The van der Waals surface area contributed by atoms with Gasteiger partial charge in [0, 0.05) is 19.9 Å². The van der Waals surface area contributed by atoms with E-state index in [9.17, 15) is 9.90 Å². The lowest BCUT2D eigenvalue weighted by atomic mass is 9.79. The molecule has 0 saturated carbocycles. The maximum atomic E-state index is 11.4. The maximum Gasteiger partial charge on any atom is 0.310 e. The Kier molecular flexibility index (Phi) is 4.26. The molecule has 5 heteroatoms. The summed E-state index contributed by atoms with van der Waals surface area (Å²) < 4.78 is 1.70. The number of carboxylic acid groups (broad SMARTS) is 1. The number of carboxylic acids is 1. The molecule has 0 aromatic carbocycles. The molecular weight excluding hydrogens is 218 g/mol. The van der Waals surface area contributed by atoms with Crippen molar-refractivity contribution in [1.82, 2.24) is 14.8 Å². The van der Waals surface area contributed by atoms with Crippen molar-refractivity contribution < 1.29 is 9.90 Å². The van der Waals surface area contributed by atoms with Crippen molar-refractivity contribution in [1.29, 1.82) is 0 Å². The zero-order chi connectivity index (χ0) is 13.1. The Morgan fingerprint density at radius 2 is 1.94 bits per heavy atom. The summed E-state index contributed by atoms with van der Waals surface area (Å²) in [5, 5.41) is 13.6. The minimum absolute atomic E-state index is 0.443. The number of nitrogens with zero attached hydrogens (tertiary/aromatic N) is 3. The zero-order valence-electron chi connectivity index (χ0n) is 11.0. The van der Waals surface area contributed by atoms with E-state index in [-0.39, 0.29) is 0 Å². The first-order chi connectivity index (χ1) is 7.99. The highest BCUT2D eigenvalue weighted by Gasteiger charge is 2.36. The summed E-state index contributed by atoms with van der Waals surface area (Å²) in [6.45, 7) is 5.81. The molecule has 96 valence electrons. The molecule has 0 spiro atoms. The average Bonchev–Trinajstić information content (AvgIpc) is 2.66. The van der Waals surface area contributed by atoms with Crippen LogP contribution in [0.3, 0.4) is 0 Å². The van der Waals surface area contributed by atoms with Crippen LogP contribution in [0, 0.1) is 5.41 Å². The summed E-state index contributed by atoms with van der Waals surface area (Å²) in [5.74, 6) is 0.783. The number of rotatable bonds is 6. The lowest BCUT2D eigenvalue weighted by Gasteiger charge is -2.25. The van der Waals surface area contributed by atoms with Crippen LogP contribution in [-0.4, -0.2) is 25.8 Å². The summed E-state index contributed by atoms with van der Waals surface area (Å²) in [5.41, 5.74) is -0.716. The van der Waals surface area contributed by atoms with Gasteiger partial charge in [-0.05, 0) is 12.8 Å². The van der Waals surface area contributed by atoms with Crippen LogP contribution in [0.4, 0.5) is 0 Å². The highest BCUT2D eigenvalue weighted by Crippen LogP contribution is 2.30. The van der Waals surface area contributed by atoms with Crippen molar-refractivity contribution in [3.05, 3.63) is 11.6 Å². The van der Waals surface area contributed by atoms with Gasteiger partial charge in [0.15, 0.2) is 5.82 Å². The fraction of sp³-hybridized carbons (Fsp3) is 0.750. The van der Waals surface area contributed by atoms with Crippen LogP contribution in [0.15, 0.2) is 0 Å². The predicted molar refractivity (Wildman–Crippen MR) is 64.7 cm³/mol. The third-order valence-electron chi connectivity index (χ3n) is 3.52. The van der Waals surface area contributed by atoms with E-state index >= 15 is 0 Å². The van der Waals surface area contributed by atoms with Gasteiger partial charge >= 0.3 is 5.97 Å². The van der Waals surface area contributed by atoms with Crippen molar-refractivity contribution in [3.63, 3.8) is 0 Å². The van der Waals surface area contributed by atoms with Gasteiger partial charge in [0.25, 0.3) is 0 Å². The molecule has 0 radical (unpaired) electrons. The smallest absolute Gasteiger partial charge is 0.310 e. The van der Waals surface area contributed by atoms with Crippen molar-refractivity contribution in [3.8, 4) is 0 Å². The molecule has 0 aliphatic carbocycles. The van der Waals surface area contributed by atoms with Crippen LogP contribution in [0.25, 0.3) is 0 Å². The van der Waals surface area contributed by atoms with E-state index in [0.717, 1.165) is 18.1 Å². The average molecular weight is 239 g/mol. The van der Waals surface area contributed by atoms with E-state index in [1.807, 2.05) is 27.8 Å². The Morgan fingerprint density at radius 1 is 1.35 bits per heavy atom. The van der Waals surface area contributed by atoms with Gasteiger partial charge in [-0.15, -0.1) is 0 Å². The molecule has 1 rings (SSSR count). The summed E-state index contributed by atoms with van der Waals surface area (Å²) in [7, 11) is 1.82. The number of aryl methyl sites for hydroxylation is 2. The molecule has 0 aliphatic rings. The molecule has 17 heavy (non-hydrogen) atoms. The predicted octanol–water partition coefficient (Wildman–Crippen LogP) is 1.81. The third kappa shape index (κ3) is 2.65. The number of carbonyl (C=O) groups is 1. The molecule has 1 heterocycles. The first kappa shape index (κ1) is 13.7. The van der Waals surface area contributed by atoms with Crippen molar-refractivity contribution in [2.45, 2.75) is 46.5 Å². The second kappa shape index (κ2) is 5.29. The van der Waals surface area contributed by atoms with Crippen LogP contribution < -0.4 is 0 Å². The lowest BCUT2D eigenvalue weighted by Crippen LogP contribution is -2.33. The Bertz CT molecular complexity index is 394. The number of hydrogen-bond acceptors (Lipinski definition) is 3. The molecule has 0 atom stereocenters. The van der Waals surface area contributed by atoms with Crippen molar-refractivity contribution in [2.75, 3.05) is 0 Å². The Balaban J connectivity index is 3.01. The maximum absolute atomic E-state index is 11.4. The van der Waals surface area contributed by atoms with E-state index in [0.29, 0.717) is 19.3 Å². The molecule has 0 amide bonds. The monoisotopic (exact) mass is 239 g/mol. The Morgan fingerprint density at radius 3 is 2.29 bits per heavy atom. The molecule has 1 N–H and O–H groups in total. The molecular formula is C12H21N3O2. The molecule has 1 aromatic rings. The summed E-state index contributed by atoms with van der Waals surface area (Å²) in [6, 6.07) is 0. The number of aliphatic carboxylic acids is 1. The Labute approximate surface area is 102 Å². The van der Waals surface area contributed by atoms with Gasteiger partial charge in [0.2, 0.25) is 0 Å². The van der Waals surface area contributed by atoms with E-state index in [1.54, 1.807) is 4.68 Å². The molecule has 0 saturated heterocycles. The van der Waals surface area contributed by atoms with Gasteiger partial charge in [0.05, 0.1) is 5.41 Å². The summed E-state index contributed by atoms with van der Waals surface area (Å²) in [6.07, 6.45) is 2.42. The van der Waals surface area contributed by atoms with E-state index in [4.69, 9.17) is 0 Å². The van der Waals surface area contributed by atoms with E-state index < -0.39 is 11.4 Å². The zero-order valence-corrected chi connectivity index (χ0v) is 11.0. The number of aromatic nitrogens is 3. The van der Waals surface area contributed by atoms with Crippen molar-refractivity contribution >= 4 is 5.97 Å². The lowest BCUT2D eigenvalue weighted by molar-refractivity contribution is -0.149. The van der Waals surface area contributed by atoms with Crippen LogP contribution in [-0.2, 0) is 24.7 Å². The largest absolute Gasteiger partial charge is 0.481 e. The highest BCUT2D eigenvalue weighted by atomic mass is 16.4. The number of hydrogen-bond donors (Lipinski definition) is 1. The van der Waals surface area contributed by atoms with Gasteiger partial charge in [-0.25, -0.2) is 4.98 Å². The highest BCUT2D eigenvalue weighted by molar-refractivity contribution is 5.74. The third-order valence-corrected chi connectivity index (χ3v) is 3.52. The molecule has 1 aromatic heterocycles. The van der Waals surface area contributed by atoms with Gasteiger partial charge in [-0.1, -0.05) is 20.8 Å². The normalized spacial score (nSPS) is 11.8. The van der Waals surface area contributed by atoms with Crippen molar-refractivity contribution in [2.24, 2.45) is 12.5 Å². The Hall–Kier alpha value is -1.39. The summed E-state index contributed by atoms with van der Waals surface area (Å²) >= 11 is 0. The topological polar surface area (TPSA) is 68.0 Å². The first-order valence-corrected chi connectivity index (χ1v) is 6.11. The molecule has 0 bridgehead atoms. The molecule has 0 aliphatic heterocycles. The van der Waals surface area contributed by atoms with Crippen LogP contribution in [0.1, 0.15) is 45.3 Å². The molecule has 0 fully saturated rings.